The van der Waals surface area contributed by atoms with Crippen LogP contribution in [0.15, 0.2) is 18.2 Å². The number of hydrogen-bond acceptors (Lipinski definition) is 2. The van der Waals surface area contributed by atoms with Gasteiger partial charge in [-0.15, -0.1) is 0 Å². The molecule has 1 rings (SSSR count). The summed E-state index contributed by atoms with van der Waals surface area (Å²) in [6.45, 7) is -0.825. The van der Waals surface area contributed by atoms with Crippen molar-refractivity contribution in [2.24, 2.45) is 5.73 Å². The van der Waals surface area contributed by atoms with E-state index in [9.17, 15) is 13.2 Å². The van der Waals surface area contributed by atoms with Gasteiger partial charge in [0, 0.05) is 5.56 Å². The van der Waals surface area contributed by atoms with Crippen molar-refractivity contribution in [1.29, 1.82) is 5.41 Å². The molecule has 0 bridgehead atoms. The molecular weight excluding hydrogens is 221 g/mol. The Morgan fingerprint density at radius 3 is 2.69 bits per heavy atom. The Morgan fingerprint density at radius 2 is 2.12 bits per heavy atom. The van der Waals surface area contributed by atoms with Crippen LogP contribution in [0.4, 0.5) is 13.2 Å². The van der Waals surface area contributed by atoms with Crippen molar-refractivity contribution >= 4 is 5.84 Å². The standard InChI is InChI=1S/C10H11F3N2O/c11-7-2-1-6(4-16-5-9(12)13)8(3-7)10(14)15/h1-3,9H,4-5H2,(H3,14,15). The molecule has 0 spiro atoms. The molecule has 0 saturated carbocycles. The average Bonchev–Trinajstić information content (AvgIpc) is 2.19. The molecule has 0 aliphatic rings. The Balaban J connectivity index is 2.75. The first-order chi connectivity index (χ1) is 7.50. The van der Waals surface area contributed by atoms with E-state index in [4.69, 9.17) is 11.1 Å². The topological polar surface area (TPSA) is 59.1 Å². The zero-order valence-electron chi connectivity index (χ0n) is 8.34. The Kier molecular flexibility index (Phi) is 4.30. The van der Waals surface area contributed by atoms with Crippen molar-refractivity contribution in [3.05, 3.63) is 35.1 Å². The number of amidine groups is 1. The number of ether oxygens (including phenoxy) is 1. The highest BCUT2D eigenvalue weighted by atomic mass is 19.3. The molecule has 1 aromatic rings. The van der Waals surface area contributed by atoms with Gasteiger partial charge >= 0.3 is 0 Å². The molecule has 0 atom stereocenters. The van der Waals surface area contributed by atoms with E-state index in [1.165, 1.54) is 6.07 Å². The van der Waals surface area contributed by atoms with Crippen molar-refractivity contribution in [3.8, 4) is 0 Å². The van der Waals surface area contributed by atoms with Crippen molar-refractivity contribution in [1.82, 2.24) is 0 Å². The Labute approximate surface area is 90.5 Å². The van der Waals surface area contributed by atoms with Crippen LogP contribution in [0.2, 0.25) is 0 Å². The van der Waals surface area contributed by atoms with Gasteiger partial charge in [-0.2, -0.15) is 0 Å². The minimum absolute atomic E-state index is 0.125. The largest absolute Gasteiger partial charge is 0.384 e. The summed E-state index contributed by atoms with van der Waals surface area (Å²) in [6, 6.07) is 3.59. The van der Waals surface area contributed by atoms with E-state index in [0.29, 0.717) is 5.56 Å². The predicted octanol–water partition coefficient (Wildman–Crippen LogP) is 1.89. The van der Waals surface area contributed by atoms with E-state index >= 15 is 0 Å². The third kappa shape index (κ3) is 3.54. The van der Waals surface area contributed by atoms with Gasteiger partial charge in [0.25, 0.3) is 6.43 Å². The maximum atomic E-state index is 12.8. The van der Waals surface area contributed by atoms with E-state index in [2.05, 4.69) is 4.74 Å². The summed E-state index contributed by atoms with van der Waals surface area (Å²) in [7, 11) is 0. The van der Waals surface area contributed by atoms with Crippen LogP contribution in [0, 0.1) is 11.2 Å². The number of nitrogens with two attached hydrogens (primary N) is 1. The van der Waals surface area contributed by atoms with Crippen LogP contribution in [0.5, 0.6) is 0 Å². The van der Waals surface area contributed by atoms with Gasteiger partial charge in [0.05, 0.1) is 6.61 Å². The van der Waals surface area contributed by atoms with Crippen LogP contribution < -0.4 is 5.73 Å². The summed E-state index contributed by atoms with van der Waals surface area (Å²) >= 11 is 0. The maximum absolute atomic E-state index is 12.8. The lowest BCUT2D eigenvalue weighted by Gasteiger charge is -2.08. The highest BCUT2D eigenvalue weighted by molar-refractivity contribution is 5.96. The van der Waals surface area contributed by atoms with Crippen LogP contribution in [0.3, 0.4) is 0 Å². The molecule has 3 N–H and O–H groups in total. The first-order valence-electron chi connectivity index (χ1n) is 4.49. The summed E-state index contributed by atoms with van der Waals surface area (Å²) in [6.07, 6.45) is -2.55. The molecule has 0 radical (unpaired) electrons. The highest BCUT2D eigenvalue weighted by Crippen LogP contribution is 2.12. The molecule has 1 aromatic carbocycles. The summed E-state index contributed by atoms with van der Waals surface area (Å²) in [5.41, 5.74) is 5.80. The Morgan fingerprint density at radius 1 is 1.44 bits per heavy atom. The molecule has 0 aliphatic heterocycles. The summed E-state index contributed by atoms with van der Waals surface area (Å²) in [4.78, 5) is 0. The van der Waals surface area contributed by atoms with Crippen LogP contribution >= 0.6 is 0 Å². The van der Waals surface area contributed by atoms with E-state index in [1.54, 1.807) is 0 Å². The third-order valence-electron chi connectivity index (χ3n) is 1.86. The Hall–Kier alpha value is -1.56. The average molecular weight is 232 g/mol. The number of rotatable bonds is 5. The quantitative estimate of drug-likeness (QED) is 0.601. The van der Waals surface area contributed by atoms with Crippen molar-refractivity contribution in [2.45, 2.75) is 13.0 Å². The lowest BCUT2D eigenvalue weighted by molar-refractivity contribution is 0.00982. The van der Waals surface area contributed by atoms with Gasteiger partial charge in [-0.1, -0.05) is 6.07 Å². The van der Waals surface area contributed by atoms with Gasteiger partial charge in [-0.25, -0.2) is 13.2 Å². The molecular formula is C10H11F3N2O. The van der Waals surface area contributed by atoms with Gasteiger partial charge in [-0.05, 0) is 17.7 Å². The second-order valence-electron chi connectivity index (χ2n) is 3.12. The van der Waals surface area contributed by atoms with Gasteiger partial charge in [0.15, 0.2) is 0 Å². The van der Waals surface area contributed by atoms with E-state index in [-0.39, 0.29) is 18.0 Å². The number of benzene rings is 1. The molecule has 0 heterocycles. The lowest BCUT2D eigenvalue weighted by Crippen LogP contribution is -2.15. The monoisotopic (exact) mass is 232 g/mol. The van der Waals surface area contributed by atoms with Crippen LogP contribution in [0.25, 0.3) is 0 Å². The number of nitrogens with one attached hydrogen (secondary N) is 1. The van der Waals surface area contributed by atoms with Crippen LogP contribution in [0.1, 0.15) is 11.1 Å². The second-order valence-corrected chi connectivity index (χ2v) is 3.12. The molecule has 88 valence electrons. The molecule has 0 fully saturated rings. The minimum atomic E-state index is -2.55. The highest BCUT2D eigenvalue weighted by Gasteiger charge is 2.08. The van der Waals surface area contributed by atoms with E-state index in [0.717, 1.165) is 12.1 Å². The third-order valence-corrected chi connectivity index (χ3v) is 1.86. The van der Waals surface area contributed by atoms with Crippen molar-refractivity contribution in [2.75, 3.05) is 6.61 Å². The molecule has 3 nitrogen and oxygen atoms in total. The normalized spacial score (nSPS) is 10.8. The zero-order valence-corrected chi connectivity index (χ0v) is 8.34. The smallest absolute Gasteiger partial charge is 0.261 e. The van der Waals surface area contributed by atoms with Crippen molar-refractivity contribution in [3.63, 3.8) is 0 Å². The fourth-order valence-corrected chi connectivity index (χ4v) is 1.18. The fourth-order valence-electron chi connectivity index (χ4n) is 1.18. The van der Waals surface area contributed by atoms with E-state index in [1.807, 2.05) is 0 Å². The number of hydrogen-bond donors (Lipinski definition) is 2. The van der Waals surface area contributed by atoms with Gasteiger partial charge in [-0.3, -0.25) is 5.41 Å². The molecule has 0 aromatic heterocycles. The summed E-state index contributed by atoms with van der Waals surface area (Å²) in [5.74, 6) is -0.863. The molecule has 0 saturated heterocycles. The lowest BCUT2D eigenvalue weighted by atomic mass is 10.1. The molecule has 0 amide bonds. The number of nitrogen functional groups attached to an aromatic ring is 1. The SMILES string of the molecule is N=C(N)c1cc(F)ccc1COCC(F)F. The molecule has 0 unspecified atom stereocenters. The van der Waals surface area contributed by atoms with Gasteiger partial charge in [0.1, 0.15) is 18.3 Å². The summed E-state index contributed by atoms with van der Waals surface area (Å²) < 4.78 is 41.1. The van der Waals surface area contributed by atoms with Gasteiger partial charge < -0.3 is 10.5 Å². The molecule has 0 aliphatic carbocycles. The first kappa shape index (κ1) is 12.5. The number of alkyl halides is 2. The maximum Gasteiger partial charge on any atom is 0.261 e. The fraction of sp³-hybridized carbons (Fsp3) is 0.300. The Bertz CT molecular complexity index is 382. The van der Waals surface area contributed by atoms with Crippen LogP contribution in [-0.2, 0) is 11.3 Å². The zero-order chi connectivity index (χ0) is 12.1. The van der Waals surface area contributed by atoms with E-state index < -0.39 is 18.8 Å². The van der Waals surface area contributed by atoms with Crippen molar-refractivity contribution < 1.29 is 17.9 Å². The number of halogens is 3. The summed E-state index contributed by atoms with van der Waals surface area (Å²) in [5, 5.41) is 7.20. The first-order valence-corrected chi connectivity index (χ1v) is 4.49. The molecule has 16 heavy (non-hydrogen) atoms. The predicted molar refractivity (Wildman–Crippen MR) is 53.1 cm³/mol. The van der Waals surface area contributed by atoms with Gasteiger partial charge in [0.2, 0.25) is 0 Å². The second kappa shape index (κ2) is 5.50. The van der Waals surface area contributed by atoms with Crippen LogP contribution in [-0.4, -0.2) is 18.9 Å². The molecule has 6 heteroatoms. The minimum Gasteiger partial charge on any atom is -0.384 e.